The van der Waals surface area contributed by atoms with Crippen LogP contribution >= 0.6 is 11.6 Å². The van der Waals surface area contributed by atoms with Crippen molar-refractivity contribution in [2.24, 2.45) is 0 Å². The molecule has 1 aliphatic rings. The van der Waals surface area contributed by atoms with Gasteiger partial charge in [-0.2, -0.15) is 15.0 Å². The molecule has 1 saturated heterocycles. The van der Waals surface area contributed by atoms with E-state index in [-0.39, 0.29) is 17.7 Å². The van der Waals surface area contributed by atoms with Gasteiger partial charge >= 0.3 is 0 Å². The zero-order valence-electron chi connectivity index (χ0n) is 10.4. The fourth-order valence-electron chi connectivity index (χ4n) is 2.20. The van der Waals surface area contributed by atoms with Crippen LogP contribution in [-0.4, -0.2) is 32.6 Å². The standard InChI is InChI=1S/C13H10ClN5O/c14-10-5-12(20)18(8-10)13-9(6-15)7-17-19(13)11-3-1-2-4-16-11/h1-4,7,10H,5,8H2. The van der Waals surface area contributed by atoms with Crippen molar-refractivity contribution in [3.8, 4) is 11.9 Å². The molecule has 3 heterocycles. The van der Waals surface area contributed by atoms with Crippen molar-refractivity contribution < 1.29 is 4.79 Å². The Bertz CT molecular complexity index is 691. The summed E-state index contributed by atoms with van der Waals surface area (Å²) in [6.45, 7) is 0.369. The first-order valence-corrected chi connectivity index (χ1v) is 6.48. The molecule has 0 spiro atoms. The molecule has 1 amide bonds. The van der Waals surface area contributed by atoms with Gasteiger partial charge in [0.15, 0.2) is 11.6 Å². The molecule has 1 fully saturated rings. The van der Waals surface area contributed by atoms with Crippen LogP contribution in [0, 0.1) is 11.3 Å². The highest BCUT2D eigenvalue weighted by Crippen LogP contribution is 2.28. The Kier molecular flexibility index (Phi) is 3.12. The largest absolute Gasteiger partial charge is 0.294 e. The number of rotatable bonds is 2. The Morgan fingerprint density at radius 3 is 2.90 bits per heavy atom. The SMILES string of the molecule is N#Cc1cnn(-c2ccccn2)c1N1CC(Cl)CC1=O. The number of aromatic nitrogens is 3. The Labute approximate surface area is 120 Å². The molecule has 1 aliphatic heterocycles. The van der Waals surface area contributed by atoms with E-state index in [1.165, 1.54) is 15.8 Å². The van der Waals surface area contributed by atoms with Gasteiger partial charge in [-0.25, -0.2) is 4.98 Å². The molecular weight excluding hydrogens is 278 g/mol. The van der Waals surface area contributed by atoms with Gasteiger partial charge in [-0.05, 0) is 12.1 Å². The second-order valence-corrected chi connectivity index (χ2v) is 5.02. The predicted molar refractivity (Wildman–Crippen MR) is 72.7 cm³/mol. The monoisotopic (exact) mass is 287 g/mol. The maximum absolute atomic E-state index is 12.0. The lowest BCUT2D eigenvalue weighted by atomic mass is 10.3. The maximum atomic E-state index is 12.0. The van der Waals surface area contributed by atoms with Crippen LogP contribution in [0.3, 0.4) is 0 Å². The number of nitrogens with zero attached hydrogens (tertiary/aromatic N) is 5. The van der Waals surface area contributed by atoms with Gasteiger partial charge in [0.05, 0.1) is 11.6 Å². The van der Waals surface area contributed by atoms with Crippen LogP contribution in [0.15, 0.2) is 30.6 Å². The maximum Gasteiger partial charge on any atom is 0.229 e. The Morgan fingerprint density at radius 2 is 2.30 bits per heavy atom. The highest BCUT2D eigenvalue weighted by atomic mass is 35.5. The minimum Gasteiger partial charge on any atom is -0.294 e. The van der Waals surface area contributed by atoms with Crippen molar-refractivity contribution >= 4 is 23.3 Å². The van der Waals surface area contributed by atoms with E-state index in [0.29, 0.717) is 23.7 Å². The van der Waals surface area contributed by atoms with Gasteiger partial charge in [0.1, 0.15) is 11.6 Å². The van der Waals surface area contributed by atoms with Gasteiger partial charge in [-0.15, -0.1) is 11.6 Å². The van der Waals surface area contributed by atoms with E-state index in [4.69, 9.17) is 11.6 Å². The van der Waals surface area contributed by atoms with E-state index in [1.54, 1.807) is 18.3 Å². The van der Waals surface area contributed by atoms with Gasteiger partial charge in [0.2, 0.25) is 5.91 Å². The van der Waals surface area contributed by atoms with Crippen LogP contribution in [0.4, 0.5) is 5.82 Å². The third-order valence-electron chi connectivity index (χ3n) is 3.06. The van der Waals surface area contributed by atoms with Gasteiger partial charge in [-0.3, -0.25) is 9.69 Å². The van der Waals surface area contributed by atoms with Crippen molar-refractivity contribution in [2.45, 2.75) is 11.8 Å². The third-order valence-corrected chi connectivity index (χ3v) is 3.36. The minimum atomic E-state index is -0.249. The van der Waals surface area contributed by atoms with Crippen molar-refractivity contribution in [3.05, 3.63) is 36.2 Å². The molecule has 2 aromatic rings. The fourth-order valence-corrected chi connectivity index (χ4v) is 2.47. The summed E-state index contributed by atoms with van der Waals surface area (Å²) in [5, 5.41) is 13.1. The molecule has 7 heteroatoms. The van der Waals surface area contributed by atoms with Crippen molar-refractivity contribution in [1.82, 2.24) is 14.8 Å². The van der Waals surface area contributed by atoms with Crippen LogP contribution in [0.25, 0.3) is 5.82 Å². The second-order valence-electron chi connectivity index (χ2n) is 4.40. The first-order chi connectivity index (χ1) is 9.70. The Hall–Kier alpha value is -2.39. The summed E-state index contributed by atoms with van der Waals surface area (Å²) in [5.74, 6) is 0.869. The lowest BCUT2D eigenvalue weighted by molar-refractivity contribution is -0.117. The number of hydrogen-bond donors (Lipinski definition) is 0. The van der Waals surface area contributed by atoms with E-state index in [1.807, 2.05) is 12.1 Å². The summed E-state index contributed by atoms with van der Waals surface area (Å²) in [6.07, 6.45) is 3.32. The summed E-state index contributed by atoms with van der Waals surface area (Å²) in [5.41, 5.74) is 0.328. The first kappa shape index (κ1) is 12.6. The van der Waals surface area contributed by atoms with E-state index >= 15 is 0 Å². The summed E-state index contributed by atoms with van der Waals surface area (Å²) in [7, 11) is 0. The smallest absolute Gasteiger partial charge is 0.229 e. The number of halogens is 1. The Balaban J connectivity index is 2.12. The number of nitriles is 1. The summed E-state index contributed by atoms with van der Waals surface area (Å²) >= 11 is 6.02. The number of carbonyl (C=O) groups excluding carboxylic acids is 1. The fraction of sp³-hybridized carbons (Fsp3) is 0.231. The highest BCUT2D eigenvalue weighted by Gasteiger charge is 2.33. The van der Waals surface area contributed by atoms with Gasteiger partial charge in [0, 0.05) is 19.2 Å². The number of pyridine rings is 1. The average Bonchev–Trinajstić information content (AvgIpc) is 3.02. The Morgan fingerprint density at radius 1 is 1.45 bits per heavy atom. The molecule has 3 rings (SSSR count). The number of anilines is 1. The molecule has 0 aliphatic carbocycles. The molecule has 0 aromatic carbocycles. The molecule has 2 aromatic heterocycles. The second kappa shape index (κ2) is 4.94. The van der Waals surface area contributed by atoms with Crippen LogP contribution < -0.4 is 4.90 Å². The van der Waals surface area contributed by atoms with E-state index in [2.05, 4.69) is 10.1 Å². The molecule has 1 unspecified atom stereocenters. The lowest BCUT2D eigenvalue weighted by Crippen LogP contribution is -2.28. The molecule has 20 heavy (non-hydrogen) atoms. The highest BCUT2D eigenvalue weighted by molar-refractivity contribution is 6.24. The normalized spacial score (nSPS) is 18.3. The van der Waals surface area contributed by atoms with E-state index in [9.17, 15) is 10.1 Å². The quantitative estimate of drug-likeness (QED) is 0.784. The minimum absolute atomic E-state index is 0.112. The third kappa shape index (κ3) is 2.02. The van der Waals surface area contributed by atoms with Crippen LogP contribution in [0.5, 0.6) is 0 Å². The molecular formula is C13H10ClN5O. The molecule has 1 atom stereocenters. The van der Waals surface area contributed by atoms with Gasteiger partial charge < -0.3 is 0 Å². The van der Waals surface area contributed by atoms with Gasteiger partial charge in [-0.1, -0.05) is 6.07 Å². The van der Waals surface area contributed by atoms with E-state index in [0.717, 1.165) is 0 Å². The van der Waals surface area contributed by atoms with Crippen LogP contribution in [0.1, 0.15) is 12.0 Å². The van der Waals surface area contributed by atoms with Crippen LogP contribution in [0.2, 0.25) is 0 Å². The number of alkyl halides is 1. The molecule has 0 radical (unpaired) electrons. The first-order valence-electron chi connectivity index (χ1n) is 6.04. The molecule has 100 valence electrons. The summed E-state index contributed by atoms with van der Waals surface area (Å²) in [4.78, 5) is 17.7. The van der Waals surface area contributed by atoms with Crippen molar-refractivity contribution in [1.29, 1.82) is 5.26 Å². The van der Waals surface area contributed by atoms with Crippen molar-refractivity contribution in [3.63, 3.8) is 0 Å². The van der Waals surface area contributed by atoms with Gasteiger partial charge in [0.25, 0.3) is 0 Å². The summed E-state index contributed by atoms with van der Waals surface area (Å²) < 4.78 is 1.49. The predicted octanol–water partition coefficient (Wildman–Crippen LogP) is 1.48. The number of carbonyl (C=O) groups is 1. The lowest BCUT2D eigenvalue weighted by Gasteiger charge is -2.17. The van der Waals surface area contributed by atoms with Crippen molar-refractivity contribution in [2.75, 3.05) is 11.4 Å². The molecule has 0 N–H and O–H groups in total. The molecule has 0 saturated carbocycles. The zero-order valence-corrected chi connectivity index (χ0v) is 11.2. The molecule has 6 nitrogen and oxygen atoms in total. The number of amides is 1. The van der Waals surface area contributed by atoms with E-state index < -0.39 is 0 Å². The average molecular weight is 288 g/mol. The topological polar surface area (TPSA) is 74.8 Å². The zero-order chi connectivity index (χ0) is 14.1. The van der Waals surface area contributed by atoms with Crippen LogP contribution in [-0.2, 0) is 4.79 Å². The molecule has 0 bridgehead atoms. The summed E-state index contributed by atoms with van der Waals surface area (Å²) in [6, 6.07) is 7.41. The number of hydrogen-bond acceptors (Lipinski definition) is 4.